The van der Waals surface area contributed by atoms with Gasteiger partial charge >= 0.3 is 0 Å². The number of halogens is 1. The molecule has 0 unspecified atom stereocenters. The molecule has 16 nitrogen and oxygen atoms in total. The Hall–Kier alpha value is -6.68. The maximum Gasteiger partial charge on any atom is 0.294 e. The van der Waals surface area contributed by atoms with Gasteiger partial charge in [-0.25, -0.2) is 23.4 Å². The molecule has 0 amide bonds. The maximum atomic E-state index is 13.4. The van der Waals surface area contributed by atoms with E-state index >= 15 is 0 Å². The third-order valence-electron chi connectivity index (χ3n) is 10.4. The summed E-state index contributed by atoms with van der Waals surface area (Å²) in [5.41, 5.74) is 7.71. The fraction of sp³-hybridized carbons (Fsp3) is 0.213. The number of aryl methyl sites for hydroxylation is 3. The molecule has 9 aromatic rings. The standard InChI is InChI=1S/C26H26FN7OS.C7H6N2.2C7H8O3S/c1-17-22(26-30-23(18-5-3-2-4-6-18)24(36-26)25-28-16-29-31-25)21-15-20(9-12-34(21)32-17)35-14-13-33-10-7-19(27)8-11-33;1-2-6-9-7(3-1)4-5-8-9;2*1-6-2-4-7(5-3-6)11(8,9)10/h2-6,9,12,15-16,19H,7-8,10-11,13-14H2,1H3,(H,28,29,31);1-6H;2*2-5H,1H3,(H,8,9,10). The van der Waals surface area contributed by atoms with Crippen LogP contribution in [0.1, 0.15) is 29.7 Å². The summed E-state index contributed by atoms with van der Waals surface area (Å²) in [5.74, 6) is 1.46. The van der Waals surface area contributed by atoms with Crippen molar-refractivity contribution in [3.63, 3.8) is 0 Å². The summed E-state index contributed by atoms with van der Waals surface area (Å²) in [7, 11) is -8.04. The number of hydrogen-bond donors (Lipinski definition) is 3. The van der Waals surface area contributed by atoms with Crippen molar-refractivity contribution in [2.24, 2.45) is 0 Å². The van der Waals surface area contributed by atoms with Gasteiger partial charge in [0, 0.05) is 49.9 Å². The zero-order valence-corrected chi connectivity index (χ0v) is 39.2. The van der Waals surface area contributed by atoms with E-state index < -0.39 is 26.4 Å². The molecule has 0 bridgehead atoms. The van der Waals surface area contributed by atoms with Crippen LogP contribution in [-0.2, 0) is 20.2 Å². The molecule has 1 saturated heterocycles. The summed E-state index contributed by atoms with van der Waals surface area (Å²) in [6, 6.07) is 33.9. The van der Waals surface area contributed by atoms with Gasteiger partial charge in [-0.05, 0) is 82.1 Å². The minimum Gasteiger partial charge on any atom is -0.492 e. The second kappa shape index (κ2) is 21.7. The minimum atomic E-state index is -4.02. The number of pyridine rings is 2. The topological polar surface area (TPSA) is 210 Å². The molecule has 0 radical (unpaired) electrons. The van der Waals surface area contributed by atoms with Crippen molar-refractivity contribution >= 4 is 42.6 Å². The quantitative estimate of drug-likeness (QED) is 0.116. The zero-order valence-electron chi connectivity index (χ0n) is 36.7. The number of aromatic amines is 1. The molecule has 1 aliphatic heterocycles. The predicted molar refractivity (Wildman–Crippen MR) is 255 cm³/mol. The van der Waals surface area contributed by atoms with Crippen molar-refractivity contribution in [2.75, 3.05) is 26.2 Å². The van der Waals surface area contributed by atoms with E-state index in [0.717, 1.165) is 79.9 Å². The Morgan fingerprint density at radius 3 is 2.03 bits per heavy atom. The third kappa shape index (κ3) is 13.0. The SMILES string of the molecule is Cc1ccc(S(=O)(=O)O)cc1.Cc1ccc(S(=O)(=O)O)cc1.Cc1nn2ccc(OCCN3CCC(F)CC3)cc2c1-c1nc(-c2ccccc2)c(-c2ncn[nH]2)s1.c1ccn2nccc2c1. The molecule has 0 spiro atoms. The average Bonchev–Trinajstić information content (AvgIpc) is 4.15. The van der Waals surface area contributed by atoms with E-state index in [0.29, 0.717) is 25.3 Å². The first-order valence-corrected chi connectivity index (χ1v) is 24.7. The summed E-state index contributed by atoms with van der Waals surface area (Å²) < 4.78 is 82.3. The van der Waals surface area contributed by atoms with Crippen LogP contribution in [0.2, 0.25) is 0 Å². The van der Waals surface area contributed by atoms with Gasteiger partial charge in [-0.2, -0.15) is 32.1 Å². The number of H-pyrrole nitrogens is 1. The van der Waals surface area contributed by atoms with E-state index in [-0.39, 0.29) is 9.79 Å². The highest BCUT2D eigenvalue weighted by Gasteiger charge is 2.23. The monoisotopic (exact) mass is 965 g/mol. The van der Waals surface area contributed by atoms with E-state index in [1.807, 2.05) is 109 Å². The molecule has 3 N–H and O–H groups in total. The highest BCUT2D eigenvalue weighted by Crippen LogP contribution is 2.41. The summed E-state index contributed by atoms with van der Waals surface area (Å²) in [6.45, 7) is 8.60. The normalized spacial score (nSPS) is 13.2. The number of fused-ring (bicyclic) bond motifs is 2. The molecule has 67 heavy (non-hydrogen) atoms. The van der Waals surface area contributed by atoms with Gasteiger partial charge in [0.05, 0.1) is 42.7 Å². The zero-order chi connectivity index (χ0) is 47.6. The van der Waals surface area contributed by atoms with Crippen LogP contribution < -0.4 is 4.74 Å². The first kappa shape index (κ1) is 48.3. The molecule has 0 saturated carbocycles. The van der Waals surface area contributed by atoms with Crippen LogP contribution in [0.3, 0.4) is 0 Å². The summed E-state index contributed by atoms with van der Waals surface area (Å²) in [5, 5.41) is 16.6. The lowest BCUT2D eigenvalue weighted by Gasteiger charge is -2.28. The molecule has 20 heteroatoms. The fourth-order valence-corrected chi connectivity index (χ4v) is 9.00. The molecule has 7 heterocycles. The lowest BCUT2D eigenvalue weighted by molar-refractivity contribution is 0.132. The highest BCUT2D eigenvalue weighted by molar-refractivity contribution is 7.86. The van der Waals surface area contributed by atoms with Crippen LogP contribution in [0.5, 0.6) is 5.75 Å². The smallest absolute Gasteiger partial charge is 0.294 e. The molecular weight excluding hydrogens is 918 g/mol. The Labute approximate surface area is 391 Å². The first-order valence-electron chi connectivity index (χ1n) is 21.0. The number of ether oxygens (including phenoxy) is 1. The van der Waals surface area contributed by atoms with Crippen LogP contribution in [-0.4, -0.2) is 103 Å². The molecule has 6 aromatic heterocycles. The van der Waals surface area contributed by atoms with Gasteiger partial charge in [-0.3, -0.25) is 19.1 Å². The molecule has 0 aliphatic carbocycles. The van der Waals surface area contributed by atoms with E-state index in [9.17, 15) is 21.2 Å². The number of hydrogen-bond acceptors (Lipinski definition) is 12. The number of thiazole rings is 1. The average molecular weight is 966 g/mol. The van der Waals surface area contributed by atoms with E-state index in [2.05, 4.69) is 25.2 Å². The van der Waals surface area contributed by atoms with Gasteiger partial charge in [0.2, 0.25) is 0 Å². The number of likely N-dealkylation sites (tertiary alicyclic amines) is 1. The lowest BCUT2D eigenvalue weighted by atomic mass is 10.1. The van der Waals surface area contributed by atoms with Crippen molar-refractivity contribution < 1.29 is 35.1 Å². The molecule has 1 aliphatic rings. The van der Waals surface area contributed by atoms with Crippen LogP contribution in [0, 0.1) is 20.8 Å². The molecule has 0 atom stereocenters. The Kier molecular flexibility index (Phi) is 15.7. The second-order valence-electron chi connectivity index (χ2n) is 15.4. The van der Waals surface area contributed by atoms with E-state index in [1.54, 1.807) is 41.8 Å². The van der Waals surface area contributed by atoms with Gasteiger partial charge < -0.3 is 4.74 Å². The predicted octanol–water partition coefficient (Wildman–Crippen LogP) is 8.85. The molecule has 3 aromatic carbocycles. The van der Waals surface area contributed by atoms with Crippen molar-refractivity contribution in [1.82, 2.24) is 44.3 Å². The Bertz CT molecular complexity index is 3130. The fourth-order valence-electron chi connectivity index (χ4n) is 6.90. The number of nitrogens with zero attached hydrogens (tertiary/aromatic N) is 8. The number of alkyl halides is 1. The number of nitrogens with one attached hydrogen (secondary N) is 1. The summed E-state index contributed by atoms with van der Waals surface area (Å²) in [4.78, 5) is 12.5. The van der Waals surface area contributed by atoms with Crippen molar-refractivity contribution in [3.8, 4) is 38.3 Å². The van der Waals surface area contributed by atoms with Crippen LogP contribution in [0.15, 0.2) is 150 Å². The molecular formula is C47H48FN9O7S3. The van der Waals surface area contributed by atoms with Crippen LogP contribution in [0.25, 0.3) is 43.6 Å². The second-order valence-corrected chi connectivity index (χ2v) is 19.2. The minimum absolute atomic E-state index is 0.0666. The van der Waals surface area contributed by atoms with Gasteiger partial charge in [0.25, 0.3) is 20.2 Å². The van der Waals surface area contributed by atoms with Gasteiger partial charge in [0.15, 0.2) is 5.82 Å². The summed E-state index contributed by atoms with van der Waals surface area (Å²) >= 11 is 1.57. The largest absolute Gasteiger partial charge is 0.492 e. The maximum absolute atomic E-state index is 13.4. The first-order chi connectivity index (χ1) is 32.1. The number of piperidine rings is 1. The van der Waals surface area contributed by atoms with Crippen molar-refractivity contribution in [2.45, 2.75) is 49.6 Å². The van der Waals surface area contributed by atoms with Gasteiger partial charge in [-0.1, -0.05) is 71.8 Å². The highest BCUT2D eigenvalue weighted by atomic mass is 32.2. The van der Waals surface area contributed by atoms with Gasteiger partial charge in [0.1, 0.15) is 29.9 Å². The molecule has 1 fully saturated rings. The van der Waals surface area contributed by atoms with Crippen molar-refractivity contribution in [1.29, 1.82) is 0 Å². The van der Waals surface area contributed by atoms with Crippen molar-refractivity contribution in [3.05, 3.63) is 157 Å². The Morgan fingerprint density at radius 2 is 1.43 bits per heavy atom. The van der Waals surface area contributed by atoms with Crippen LogP contribution >= 0.6 is 11.3 Å². The lowest BCUT2D eigenvalue weighted by Crippen LogP contribution is -2.37. The molecule has 348 valence electrons. The Balaban J connectivity index is 0.000000172. The van der Waals surface area contributed by atoms with Crippen LogP contribution in [0.4, 0.5) is 4.39 Å². The number of aromatic nitrogens is 8. The van der Waals surface area contributed by atoms with E-state index in [1.165, 1.54) is 30.6 Å². The number of benzene rings is 3. The van der Waals surface area contributed by atoms with E-state index in [4.69, 9.17) is 23.9 Å². The Morgan fingerprint density at radius 1 is 0.791 bits per heavy atom. The summed E-state index contributed by atoms with van der Waals surface area (Å²) in [6.07, 6.45) is 7.70. The molecule has 10 rings (SSSR count). The van der Waals surface area contributed by atoms with Gasteiger partial charge in [-0.15, -0.1) is 11.3 Å². The number of rotatable bonds is 9. The third-order valence-corrected chi connectivity index (χ3v) is 13.3.